The van der Waals surface area contributed by atoms with E-state index in [1.807, 2.05) is 12.1 Å². The van der Waals surface area contributed by atoms with Crippen molar-refractivity contribution >= 4 is 44.8 Å². The molecule has 0 spiro atoms. The zero-order chi connectivity index (χ0) is 24.2. The first-order chi connectivity index (χ1) is 15.6. The maximum Gasteiger partial charge on any atom is 0.287 e. The number of carbonyl (C=O) groups is 1. The second kappa shape index (κ2) is 10.4. The summed E-state index contributed by atoms with van der Waals surface area (Å²) in [6, 6.07) is 11.7. The number of benzene rings is 2. The van der Waals surface area contributed by atoms with Gasteiger partial charge in [0.2, 0.25) is 15.9 Å². The first-order valence-electron chi connectivity index (χ1n) is 9.70. The molecule has 0 aliphatic carbocycles. The van der Waals surface area contributed by atoms with E-state index in [2.05, 4.69) is 15.1 Å². The monoisotopic (exact) mass is 509 g/mol. The molecule has 0 fully saturated rings. The number of anilines is 1. The molecule has 3 rings (SSSR count). The highest BCUT2D eigenvalue weighted by Gasteiger charge is 2.18. The third-order valence-electron chi connectivity index (χ3n) is 4.72. The molecule has 0 saturated carbocycles. The summed E-state index contributed by atoms with van der Waals surface area (Å²) in [4.78, 5) is 24.4. The molecule has 0 saturated heterocycles. The lowest BCUT2D eigenvalue weighted by Gasteiger charge is -2.13. The number of aryl methyl sites for hydroxylation is 1. The van der Waals surface area contributed by atoms with Crippen LogP contribution in [0.2, 0.25) is 10.0 Å². The fourth-order valence-electron chi connectivity index (χ4n) is 2.91. The molecule has 0 bridgehead atoms. The molecule has 9 nitrogen and oxygen atoms in total. The Bertz CT molecular complexity index is 1340. The third-order valence-corrected chi connectivity index (χ3v) is 7.01. The number of rotatable bonds is 8. The molecule has 1 aromatic heterocycles. The van der Waals surface area contributed by atoms with E-state index < -0.39 is 28.0 Å². The van der Waals surface area contributed by atoms with Crippen LogP contribution in [0, 0.1) is 6.92 Å². The average Bonchev–Trinajstić information content (AvgIpc) is 2.79. The number of nitrogens with zero attached hydrogens (tertiary/aromatic N) is 2. The first kappa shape index (κ1) is 24.9. The van der Waals surface area contributed by atoms with Crippen LogP contribution in [0.15, 0.2) is 58.4 Å². The molecule has 0 aliphatic heterocycles. The Balaban J connectivity index is 1.73. The van der Waals surface area contributed by atoms with E-state index in [1.54, 1.807) is 31.2 Å². The Morgan fingerprint density at radius 3 is 2.45 bits per heavy atom. The smallest absolute Gasteiger partial charge is 0.287 e. The number of hydrogen-bond acceptors (Lipinski definition) is 6. The Kier molecular flexibility index (Phi) is 7.88. The fourth-order valence-corrected chi connectivity index (χ4v) is 4.47. The van der Waals surface area contributed by atoms with Crippen LogP contribution in [-0.4, -0.2) is 24.1 Å². The van der Waals surface area contributed by atoms with Crippen molar-refractivity contribution in [3.63, 3.8) is 0 Å². The molecule has 3 aromatic rings. The number of sulfonamides is 1. The first-order valence-corrected chi connectivity index (χ1v) is 11.9. The van der Waals surface area contributed by atoms with Gasteiger partial charge in [-0.05, 0) is 35.7 Å². The van der Waals surface area contributed by atoms with Crippen LogP contribution >= 0.6 is 23.2 Å². The maximum absolute atomic E-state index is 12.9. The molecule has 1 amide bonds. The Labute approximate surface area is 200 Å². The van der Waals surface area contributed by atoms with Crippen molar-refractivity contribution in [2.24, 2.45) is 5.73 Å². The van der Waals surface area contributed by atoms with Crippen LogP contribution in [-0.2, 0) is 34.5 Å². The standard InChI is InChI=1S/C21H21Cl2N5O4S/c1-13-2-7-16(27-19(29)12-28-21(30)20(23)17(22)11-25-28)8-18(13)33(31,32)26-10-15-5-3-14(9-24)4-6-15/h2-8,11,26H,9-10,12,24H2,1H3,(H,27,29). The summed E-state index contributed by atoms with van der Waals surface area (Å²) in [5, 5.41) is 6.07. The van der Waals surface area contributed by atoms with Crippen molar-refractivity contribution < 1.29 is 13.2 Å². The summed E-state index contributed by atoms with van der Waals surface area (Å²) >= 11 is 11.5. The van der Waals surface area contributed by atoms with Crippen molar-refractivity contribution in [2.45, 2.75) is 31.5 Å². The number of aromatic nitrogens is 2. The summed E-state index contributed by atoms with van der Waals surface area (Å²) in [5.41, 5.74) is 7.32. The molecule has 0 aliphatic rings. The molecule has 33 heavy (non-hydrogen) atoms. The highest BCUT2D eigenvalue weighted by Crippen LogP contribution is 2.21. The highest BCUT2D eigenvalue weighted by molar-refractivity contribution is 7.89. The molecule has 1 heterocycles. The van der Waals surface area contributed by atoms with Gasteiger partial charge in [-0.1, -0.05) is 53.5 Å². The van der Waals surface area contributed by atoms with Gasteiger partial charge in [0.05, 0.1) is 16.1 Å². The minimum absolute atomic E-state index is 0.0173. The number of halogens is 2. The van der Waals surface area contributed by atoms with Crippen LogP contribution in [0.3, 0.4) is 0 Å². The minimum Gasteiger partial charge on any atom is -0.326 e. The van der Waals surface area contributed by atoms with Crippen LogP contribution in [0.1, 0.15) is 16.7 Å². The Morgan fingerprint density at radius 2 is 1.79 bits per heavy atom. The molecular weight excluding hydrogens is 489 g/mol. The van der Waals surface area contributed by atoms with E-state index in [0.717, 1.165) is 22.0 Å². The molecule has 2 aromatic carbocycles. The van der Waals surface area contributed by atoms with Gasteiger partial charge in [0, 0.05) is 18.8 Å². The molecule has 0 unspecified atom stereocenters. The van der Waals surface area contributed by atoms with Crippen LogP contribution in [0.25, 0.3) is 0 Å². The van der Waals surface area contributed by atoms with Gasteiger partial charge in [-0.15, -0.1) is 0 Å². The molecule has 0 atom stereocenters. The van der Waals surface area contributed by atoms with Gasteiger partial charge in [0.15, 0.2) is 0 Å². The van der Waals surface area contributed by atoms with Crippen LogP contribution in [0.5, 0.6) is 0 Å². The lowest BCUT2D eigenvalue weighted by atomic mass is 10.1. The summed E-state index contributed by atoms with van der Waals surface area (Å²) in [6.07, 6.45) is 1.16. The van der Waals surface area contributed by atoms with Crippen molar-refractivity contribution in [1.82, 2.24) is 14.5 Å². The quantitative estimate of drug-likeness (QED) is 0.426. The van der Waals surface area contributed by atoms with Gasteiger partial charge in [-0.2, -0.15) is 5.10 Å². The molecule has 12 heteroatoms. The zero-order valence-electron chi connectivity index (χ0n) is 17.5. The molecule has 174 valence electrons. The van der Waals surface area contributed by atoms with Gasteiger partial charge in [0.1, 0.15) is 11.6 Å². The van der Waals surface area contributed by atoms with Gasteiger partial charge in [0.25, 0.3) is 5.56 Å². The number of nitrogens with one attached hydrogen (secondary N) is 2. The number of hydrogen-bond donors (Lipinski definition) is 3. The largest absolute Gasteiger partial charge is 0.326 e. The van der Waals surface area contributed by atoms with Gasteiger partial charge < -0.3 is 11.1 Å². The fraction of sp³-hybridized carbons (Fsp3) is 0.190. The van der Waals surface area contributed by atoms with Gasteiger partial charge in [-0.3, -0.25) is 9.59 Å². The van der Waals surface area contributed by atoms with E-state index in [1.165, 1.54) is 6.07 Å². The predicted molar refractivity (Wildman–Crippen MR) is 127 cm³/mol. The number of nitrogens with two attached hydrogens (primary N) is 1. The van der Waals surface area contributed by atoms with E-state index in [0.29, 0.717) is 12.1 Å². The maximum atomic E-state index is 12.9. The van der Waals surface area contributed by atoms with E-state index in [9.17, 15) is 18.0 Å². The predicted octanol–water partition coefficient (Wildman–Crippen LogP) is 2.43. The van der Waals surface area contributed by atoms with Crippen LogP contribution < -0.4 is 21.3 Å². The van der Waals surface area contributed by atoms with E-state index in [-0.39, 0.29) is 27.2 Å². The van der Waals surface area contributed by atoms with Crippen molar-refractivity contribution in [3.8, 4) is 0 Å². The third kappa shape index (κ3) is 6.18. The molecule has 0 radical (unpaired) electrons. The SMILES string of the molecule is Cc1ccc(NC(=O)Cn2ncc(Cl)c(Cl)c2=O)cc1S(=O)(=O)NCc1ccc(CN)cc1. The summed E-state index contributed by atoms with van der Waals surface area (Å²) < 4.78 is 29.1. The second-order valence-corrected chi connectivity index (χ2v) is 9.66. The van der Waals surface area contributed by atoms with Crippen molar-refractivity contribution in [3.05, 3.63) is 85.8 Å². The normalized spacial score (nSPS) is 11.4. The lowest BCUT2D eigenvalue weighted by Crippen LogP contribution is -2.30. The lowest BCUT2D eigenvalue weighted by molar-refractivity contribution is -0.117. The Hall–Kier alpha value is -2.76. The average molecular weight is 510 g/mol. The second-order valence-electron chi connectivity index (χ2n) is 7.14. The van der Waals surface area contributed by atoms with Crippen molar-refractivity contribution in [2.75, 3.05) is 5.32 Å². The Morgan fingerprint density at radius 1 is 1.12 bits per heavy atom. The van der Waals surface area contributed by atoms with Gasteiger partial charge >= 0.3 is 0 Å². The number of carbonyl (C=O) groups excluding carboxylic acids is 1. The molecule has 4 N–H and O–H groups in total. The van der Waals surface area contributed by atoms with Crippen LogP contribution in [0.4, 0.5) is 5.69 Å². The number of amides is 1. The summed E-state index contributed by atoms with van der Waals surface area (Å²) in [6.45, 7) is 1.71. The van der Waals surface area contributed by atoms with Gasteiger partial charge in [-0.25, -0.2) is 17.8 Å². The zero-order valence-corrected chi connectivity index (χ0v) is 19.8. The summed E-state index contributed by atoms with van der Waals surface area (Å²) in [5.74, 6) is -0.594. The minimum atomic E-state index is -3.86. The topological polar surface area (TPSA) is 136 Å². The van der Waals surface area contributed by atoms with Crippen molar-refractivity contribution in [1.29, 1.82) is 0 Å². The van der Waals surface area contributed by atoms with E-state index in [4.69, 9.17) is 28.9 Å². The summed E-state index contributed by atoms with van der Waals surface area (Å²) in [7, 11) is -3.86. The highest BCUT2D eigenvalue weighted by atomic mass is 35.5. The van der Waals surface area contributed by atoms with E-state index >= 15 is 0 Å². The molecular formula is C21H21Cl2N5O4S.